The summed E-state index contributed by atoms with van der Waals surface area (Å²) in [5, 5.41) is 8.89. The van der Waals surface area contributed by atoms with Crippen LogP contribution in [0.1, 0.15) is 52.1 Å². The van der Waals surface area contributed by atoms with E-state index in [0.29, 0.717) is 25.1 Å². The Labute approximate surface area is 182 Å². The molecule has 2 unspecified atom stereocenters. The predicted octanol–water partition coefficient (Wildman–Crippen LogP) is 3.40. The topological polar surface area (TPSA) is 95.2 Å². The first-order valence-corrected chi connectivity index (χ1v) is 11.9. The Morgan fingerprint density at radius 3 is 2.52 bits per heavy atom. The zero-order valence-corrected chi connectivity index (χ0v) is 18.2. The van der Waals surface area contributed by atoms with Crippen LogP contribution in [0, 0.1) is 0 Å². The van der Waals surface area contributed by atoms with Gasteiger partial charge in [-0.25, -0.2) is 8.42 Å². The van der Waals surface area contributed by atoms with E-state index in [1.807, 2.05) is 49.4 Å². The second kappa shape index (κ2) is 9.03. The molecule has 0 saturated carbocycles. The van der Waals surface area contributed by atoms with Crippen molar-refractivity contribution in [1.82, 2.24) is 19.8 Å². The predicted molar refractivity (Wildman–Crippen MR) is 119 cm³/mol. The van der Waals surface area contributed by atoms with Gasteiger partial charge >= 0.3 is 0 Å². The van der Waals surface area contributed by atoms with Crippen LogP contribution in [0.4, 0.5) is 0 Å². The van der Waals surface area contributed by atoms with E-state index in [0.717, 1.165) is 23.1 Å². The molecule has 7 nitrogen and oxygen atoms in total. The molecule has 0 bridgehead atoms. The molecule has 2 atom stereocenters. The molecule has 1 aliphatic rings. The molecule has 2 N–H and O–H groups in total. The highest BCUT2D eigenvalue weighted by Crippen LogP contribution is 2.37. The van der Waals surface area contributed by atoms with Crippen molar-refractivity contribution in [2.45, 2.75) is 44.1 Å². The third-order valence-electron chi connectivity index (χ3n) is 5.76. The van der Waals surface area contributed by atoms with Gasteiger partial charge in [0.05, 0.1) is 6.20 Å². The van der Waals surface area contributed by atoms with E-state index < -0.39 is 15.3 Å². The lowest BCUT2D eigenvalue weighted by Gasteiger charge is -2.37. The van der Waals surface area contributed by atoms with Crippen LogP contribution in [0.2, 0.25) is 0 Å². The van der Waals surface area contributed by atoms with Crippen LogP contribution >= 0.6 is 0 Å². The van der Waals surface area contributed by atoms with Gasteiger partial charge in [0.1, 0.15) is 5.25 Å². The first kappa shape index (κ1) is 21.3. The summed E-state index contributed by atoms with van der Waals surface area (Å²) < 4.78 is 28.3. The van der Waals surface area contributed by atoms with Crippen molar-refractivity contribution < 1.29 is 13.2 Å². The lowest BCUT2D eigenvalue weighted by molar-refractivity contribution is 0.0951. The minimum atomic E-state index is -3.48. The van der Waals surface area contributed by atoms with E-state index in [-0.39, 0.29) is 11.9 Å². The Morgan fingerprint density at radius 2 is 1.84 bits per heavy atom. The summed E-state index contributed by atoms with van der Waals surface area (Å²) in [6.45, 7) is 2.64. The monoisotopic (exact) mass is 438 g/mol. The van der Waals surface area contributed by atoms with Gasteiger partial charge in [-0.05, 0) is 43.0 Å². The molecule has 3 aromatic rings. The number of rotatable bonds is 6. The van der Waals surface area contributed by atoms with Crippen LogP contribution in [-0.4, -0.2) is 34.9 Å². The standard InChI is InChI=1S/C23H26N4O3S/c1-17-7-12-22(20-5-3-2-4-6-20)31(29,30)27(17)16-18-8-10-21(11-9-18)23(28)24-13-19-14-25-26-15-19/h2-6,8-11,14-15,17,22H,7,12-13,16H2,1H3,(H,24,28)(H,25,26). The lowest BCUT2D eigenvalue weighted by atomic mass is 10.0. The molecule has 4 rings (SSSR count). The SMILES string of the molecule is CC1CCC(c2ccccc2)S(=O)(=O)N1Cc1ccc(C(=O)NCc2cn[nH]c2)cc1. The van der Waals surface area contributed by atoms with Gasteiger partial charge < -0.3 is 5.32 Å². The Morgan fingerprint density at radius 1 is 1.10 bits per heavy atom. The van der Waals surface area contributed by atoms with Crippen molar-refractivity contribution in [3.8, 4) is 0 Å². The van der Waals surface area contributed by atoms with Crippen LogP contribution in [0.5, 0.6) is 0 Å². The number of carbonyl (C=O) groups excluding carboxylic acids is 1. The number of hydrogen-bond acceptors (Lipinski definition) is 4. The molecule has 0 spiro atoms. The smallest absolute Gasteiger partial charge is 0.251 e. The third-order valence-corrected chi connectivity index (χ3v) is 8.13. The van der Waals surface area contributed by atoms with Gasteiger partial charge in [-0.1, -0.05) is 42.5 Å². The molecule has 2 aromatic carbocycles. The number of hydrogen-bond donors (Lipinski definition) is 2. The second-order valence-electron chi connectivity index (χ2n) is 7.90. The summed E-state index contributed by atoms with van der Waals surface area (Å²) in [5.74, 6) is -0.184. The maximum absolute atomic E-state index is 13.4. The number of benzene rings is 2. The van der Waals surface area contributed by atoms with Crippen molar-refractivity contribution in [1.29, 1.82) is 0 Å². The molecule has 1 fully saturated rings. The summed E-state index contributed by atoms with van der Waals surface area (Å²) in [7, 11) is -3.48. The maximum Gasteiger partial charge on any atom is 0.251 e. The highest BCUT2D eigenvalue weighted by atomic mass is 32.2. The summed E-state index contributed by atoms with van der Waals surface area (Å²) in [4.78, 5) is 12.3. The molecule has 1 saturated heterocycles. The largest absolute Gasteiger partial charge is 0.348 e. The Kier molecular flexibility index (Phi) is 6.20. The summed E-state index contributed by atoms with van der Waals surface area (Å²) in [6.07, 6.45) is 4.83. The van der Waals surface area contributed by atoms with Crippen molar-refractivity contribution in [3.63, 3.8) is 0 Å². The molecular formula is C23H26N4O3S. The first-order chi connectivity index (χ1) is 14.9. The Balaban J connectivity index is 1.45. The number of carbonyl (C=O) groups is 1. The van der Waals surface area contributed by atoms with Crippen LogP contribution in [0.25, 0.3) is 0 Å². The number of sulfonamides is 1. The van der Waals surface area contributed by atoms with E-state index in [4.69, 9.17) is 0 Å². The fourth-order valence-electron chi connectivity index (χ4n) is 3.95. The average molecular weight is 439 g/mol. The van der Waals surface area contributed by atoms with E-state index in [1.165, 1.54) is 0 Å². The summed E-state index contributed by atoms with van der Waals surface area (Å²) in [5.41, 5.74) is 3.12. The van der Waals surface area contributed by atoms with Gasteiger partial charge in [-0.3, -0.25) is 9.89 Å². The van der Waals surface area contributed by atoms with Gasteiger partial charge in [-0.2, -0.15) is 9.40 Å². The number of H-pyrrole nitrogens is 1. The van der Waals surface area contributed by atoms with Gasteiger partial charge in [0.15, 0.2) is 0 Å². The lowest BCUT2D eigenvalue weighted by Crippen LogP contribution is -2.44. The van der Waals surface area contributed by atoms with E-state index in [2.05, 4.69) is 15.5 Å². The minimum Gasteiger partial charge on any atom is -0.348 e. The summed E-state index contributed by atoms with van der Waals surface area (Å²) >= 11 is 0. The van der Waals surface area contributed by atoms with Gasteiger partial charge in [-0.15, -0.1) is 0 Å². The molecular weight excluding hydrogens is 412 g/mol. The zero-order chi connectivity index (χ0) is 21.8. The van der Waals surface area contributed by atoms with Crippen molar-refractivity contribution in [2.75, 3.05) is 0 Å². The molecule has 8 heteroatoms. The molecule has 31 heavy (non-hydrogen) atoms. The molecule has 1 amide bonds. The normalized spacial score (nSPS) is 20.9. The molecule has 162 valence electrons. The molecule has 0 aliphatic carbocycles. The van der Waals surface area contributed by atoms with Gasteiger partial charge in [0.2, 0.25) is 10.0 Å². The highest BCUT2D eigenvalue weighted by Gasteiger charge is 2.40. The fourth-order valence-corrected chi connectivity index (χ4v) is 6.15. The number of amides is 1. The van der Waals surface area contributed by atoms with E-state index in [1.54, 1.807) is 28.8 Å². The quantitative estimate of drug-likeness (QED) is 0.617. The van der Waals surface area contributed by atoms with Crippen molar-refractivity contribution in [3.05, 3.63) is 89.2 Å². The van der Waals surface area contributed by atoms with Crippen LogP contribution in [-0.2, 0) is 23.1 Å². The fraction of sp³-hybridized carbons (Fsp3) is 0.304. The van der Waals surface area contributed by atoms with Gasteiger partial charge in [0.25, 0.3) is 5.91 Å². The average Bonchev–Trinajstić information content (AvgIpc) is 3.29. The van der Waals surface area contributed by atoms with Gasteiger partial charge in [0, 0.05) is 36.5 Å². The van der Waals surface area contributed by atoms with E-state index in [9.17, 15) is 13.2 Å². The number of aromatic amines is 1. The third kappa shape index (κ3) is 4.70. The van der Waals surface area contributed by atoms with Crippen LogP contribution in [0.3, 0.4) is 0 Å². The van der Waals surface area contributed by atoms with Crippen LogP contribution in [0.15, 0.2) is 67.0 Å². The molecule has 2 heterocycles. The van der Waals surface area contributed by atoms with Crippen LogP contribution < -0.4 is 5.32 Å². The second-order valence-corrected chi connectivity index (χ2v) is 9.97. The summed E-state index contributed by atoms with van der Waals surface area (Å²) in [6, 6.07) is 16.5. The Bertz CT molecular complexity index is 1110. The molecule has 0 radical (unpaired) electrons. The number of nitrogens with zero attached hydrogens (tertiary/aromatic N) is 2. The highest BCUT2D eigenvalue weighted by molar-refractivity contribution is 7.89. The molecule has 1 aliphatic heterocycles. The Hall–Kier alpha value is -2.97. The maximum atomic E-state index is 13.4. The number of aromatic nitrogens is 2. The van der Waals surface area contributed by atoms with Crippen molar-refractivity contribution in [2.24, 2.45) is 0 Å². The van der Waals surface area contributed by atoms with E-state index >= 15 is 0 Å². The zero-order valence-electron chi connectivity index (χ0n) is 17.4. The van der Waals surface area contributed by atoms with Crippen molar-refractivity contribution >= 4 is 15.9 Å². The number of nitrogens with one attached hydrogen (secondary N) is 2. The minimum absolute atomic E-state index is 0.0668. The first-order valence-electron chi connectivity index (χ1n) is 10.4. The molecule has 1 aromatic heterocycles.